The third-order valence-corrected chi connectivity index (χ3v) is 4.77. The zero-order valence-corrected chi connectivity index (χ0v) is 11.9. The van der Waals surface area contributed by atoms with Crippen LogP contribution in [0.2, 0.25) is 0 Å². The Labute approximate surface area is 111 Å². The molecule has 2 aliphatic heterocycles. The van der Waals surface area contributed by atoms with Crippen LogP contribution in [-0.2, 0) is 12.8 Å². The Morgan fingerprint density at radius 1 is 1.00 bits per heavy atom. The summed E-state index contributed by atoms with van der Waals surface area (Å²) in [5.41, 5.74) is 3.55. The van der Waals surface area contributed by atoms with Crippen LogP contribution in [0, 0.1) is 11.3 Å². The fraction of sp³-hybridized carbons (Fsp3) is 0.647. The molecule has 2 bridgehead atoms. The highest BCUT2D eigenvalue weighted by Gasteiger charge is 2.38. The zero-order valence-electron chi connectivity index (χ0n) is 11.9. The van der Waals surface area contributed by atoms with E-state index in [4.69, 9.17) is 0 Å². The van der Waals surface area contributed by atoms with Gasteiger partial charge in [-0.3, -0.25) is 0 Å². The summed E-state index contributed by atoms with van der Waals surface area (Å²) >= 11 is 0. The molecule has 0 saturated carbocycles. The second kappa shape index (κ2) is 4.38. The molecule has 1 aromatic rings. The molecule has 4 rings (SSSR count). The minimum atomic E-state index is 0.371. The lowest BCUT2D eigenvalue weighted by Crippen LogP contribution is -2.56. The van der Waals surface area contributed by atoms with Gasteiger partial charge in [-0.2, -0.15) is 0 Å². The van der Waals surface area contributed by atoms with E-state index in [9.17, 15) is 0 Å². The van der Waals surface area contributed by atoms with Gasteiger partial charge < -0.3 is 5.32 Å². The summed E-state index contributed by atoms with van der Waals surface area (Å²) in [5, 5.41) is 3.94. The van der Waals surface area contributed by atoms with Crippen molar-refractivity contribution in [2.75, 3.05) is 0 Å². The number of piperidine rings is 1. The molecular weight excluding hydrogens is 218 g/mol. The Balaban J connectivity index is 1.95. The van der Waals surface area contributed by atoms with E-state index in [0.29, 0.717) is 17.5 Å². The predicted octanol–water partition coefficient (Wildman–Crippen LogP) is 3.57. The van der Waals surface area contributed by atoms with Gasteiger partial charge in [0.2, 0.25) is 0 Å². The number of hydrogen-bond acceptors (Lipinski definition) is 1. The van der Waals surface area contributed by atoms with Crippen LogP contribution in [0.25, 0.3) is 0 Å². The average molecular weight is 243 g/mol. The topological polar surface area (TPSA) is 12.0 Å². The molecule has 1 aliphatic carbocycles. The Kier molecular flexibility index (Phi) is 2.97. The molecule has 1 nitrogen and oxygen atoms in total. The van der Waals surface area contributed by atoms with Crippen molar-refractivity contribution in [1.29, 1.82) is 0 Å². The van der Waals surface area contributed by atoms with Crippen molar-refractivity contribution in [3.8, 4) is 0 Å². The SMILES string of the molecule is CC(C)(C)C1NC2CCC1Cc1ccccc1C2. The molecule has 3 unspecified atom stereocenters. The molecule has 3 aliphatic rings. The van der Waals surface area contributed by atoms with Gasteiger partial charge in [-0.15, -0.1) is 0 Å². The normalized spacial score (nSPS) is 31.6. The van der Waals surface area contributed by atoms with Crippen molar-refractivity contribution in [2.45, 2.75) is 58.5 Å². The van der Waals surface area contributed by atoms with Crippen molar-refractivity contribution in [3.63, 3.8) is 0 Å². The molecule has 1 aromatic carbocycles. The molecule has 0 amide bonds. The summed E-state index contributed by atoms with van der Waals surface area (Å²) in [7, 11) is 0. The Morgan fingerprint density at radius 3 is 2.33 bits per heavy atom. The quantitative estimate of drug-likeness (QED) is 0.734. The second-order valence-corrected chi connectivity index (χ2v) is 7.22. The lowest BCUT2D eigenvalue weighted by molar-refractivity contribution is 0.121. The first-order valence-electron chi connectivity index (χ1n) is 7.37. The fourth-order valence-electron chi connectivity index (χ4n) is 3.90. The van der Waals surface area contributed by atoms with E-state index in [1.54, 1.807) is 11.1 Å². The van der Waals surface area contributed by atoms with E-state index >= 15 is 0 Å². The van der Waals surface area contributed by atoms with E-state index in [-0.39, 0.29) is 0 Å². The van der Waals surface area contributed by atoms with Gasteiger partial charge in [0.15, 0.2) is 0 Å². The molecule has 1 N–H and O–H groups in total. The van der Waals surface area contributed by atoms with Crippen LogP contribution in [0.15, 0.2) is 24.3 Å². The van der Waals surface area contributed by atoms with Gasteiger partial charge in [0.1, 0.15) is 0 Å². The molecule has 2 heterocycles. The second-order valence-electron chi connectivity index (χ2n) is 7.22. The van der Waals surface area contributed by atoms with Crippen LogP contribution in [0.4, 0.5) is 0 Å². The van der Waals surface area contributed by atoms with Gasteiger partial charge in [-0.05, 0) is 48.1 Å². The minimum Gasteiger partial charge on any atom is -0.310 e. The lowest BCUT2D eigenvalue weighted by atomic mass is 9.69. The van der Waals surface area contributed by atoms with E-state index in [2.05, 4.69) is 50.4 Å². The van der Waals surface area contributed by atoms with Crippen molar-refractivity contribution >= 4 is 0 Å². The van der Waals surface area contributed by atoms with Gasteiger partial charge in [0.05, 0.1) is 0 Å². The molecule has 18 heavy (non-hydrogen) atoms. The molecule has 0 aromatic heterocycles. The van der Waals surface area contributed by atoms with Crippen molar-refractivity contribution in [3.05, 3.63) is 35.4 Å². The summed E-state index contributed by atoms with van der Waals surface area (Å²) in [6.07, 6.45) is 5.23. The first-order valence-corrected chi connectivity index (χ1v) is 7.37. The third kappa shape index (κ3) is 2.21. The number of benzene rings is 1. The standard InChI is InChI=1S/C17H25N/c1-17(2,3)16-14-8-9-15(18-16)11-13-7-5-4-6-12(13)10-14/h4-7,14-16,18H,8-11H2,1-3H3. The van der Waals surface area contributed by atoms with Crippen LogP contribution in [-0.4, -0.2) is 12.1 Å². The van der Waals surface area contributed by atoms with Crippen LogP contribution >= 0.6 is 0 Å². The summed E-state index contributed by atoms with van der Waals surface area (Å²) in [6, 6.07) is 10.4. The molecule has 1 saturated heterocycles. The molecule has 1 heteroatoms. The smallest absolute Gasteiger partial charge is 0.0150 e. The van der Waals surface area contributed by atoms with Crippen LogP contribution in [0.5, 0.6) is 0 Å². The first kappa shape index (κ1) is 12.2. The summed E-state index contributed by atoms with van der Waals surface area (Å²) in [6.45, 7) is 7.15. The van der Waals surface area contributed by atoms with Gasteiger partial charge in [0.25, 0.3) is 0 Å². The predicted molar refractivity (Wildman–Crippen MR) is 76.7 cm³/mol. The van der Waals surface area contributed by atoms with Crippen molar-refractivity contribution in [1.82, 2.24) is 5.32 Å². The largest absolute Gasteiger partial charge is 0.310 e. The summed E-state index contributed by atoms with van der Waals surface area (Å²) < 4.78 is 0. The Bertz CT molecular complexity index is 429. The van der Waals surface area contributed by atoms with Gasteiger partial charge in [-0.1, -0.05) is 45.0 Å². The molecular formula is C17H25N. The van der Waals surface area contributed by atoms with Gasteiger partial charge in [0, 0.05) is 12.1 Å². The molecule has 0 spiro atoms. The van der Waals surface area contributed by atoms with Crippen molar-refractivity contribution < 1.29 is 0 Å². The number of fused-ring (bicyclic) bond motifs is 2. The van der Waals surface area contributed by atoms with Crippen LogP contribution in [0.3, 0.4) is 0 Å². The van der Waals surface area contributed by atoms with Crippen LogP contribution in [0.1, 0.15) is 44.7 Å². The minimum absolute atomic E-state index is 0.371. The zero-order chi connectivity index (χ0) is 12.8. The fourth-order valence-corrected chi connectivity index (χ4v) is 3.90. The molecule has 3 atom stereocenters. The maximum absolute atomic E-state index is 3.94. The first-order chi connectivity index (χ1) is 8.54. The van der Waals surface area contributed by atoms with E-state index < -0.39 is 0 Å². The molecule has 98 valence electrons. The van der Waals surface area contributed by atoms with E-state index in [0.717, 1.165) is 5.92 Å². The van der Waals surface area contributed by atoms with Crippen LogP contribution < -0.4 is 5.32 Å². The number of nitrogens with one attached hydrogen (secondary N) is 1. The maximum Gasteiger partial charge on any atom is 0.0150 e. The maximum atomic E-state index is 3.94. The van der Waals surface area contributed by atoms with E-state index in [1.807, 2.05) is 0 Å². The average Bonchev–Trinajstić information content (AvgIpc) is 2.26. The lowest BCUT2D eigenvalue weighted by Gasteiger charge is -2.46. The monoisotopic (exact) mass is 243 g/mol. The summed E-state index contributed by atoms with van der Waals surface area (Å²) in [5.74, 6) is 0.808. The van der Waals surface area contributed by atoms with Gasteiger partial charge >= 0.3 is 0 Å². The molecule has 1 fully saturated rings. The van der Waals surface area contributed by atoms with Gasteiger partial charge in [-0.25, -0.2) is 0 Å². The van der Waals surface area contributed by atoms with Crippen molar-refractivity contribution in [2.24, 2.45) is 11.3 Å². The number of rotatable bonds is 0. The highest BCUT2D eigenvalue weighted by atomic mass is 15.0. The highest BCUT2D eigenvalue weighted by Crippen LogP contribution is 2.37. The Morgan fingerprint density at radius 2 is 1.67 bits per heavy atom. The molecule has 0 radical (unpaired) electrons. The third-order valence-electron chi connectivity index (χ3n) is 4.77. The van der Waals surface area contributed by atoms with E-state index in [1.165, 1.54) is 25.7 Å². The highest BCUT2D eigenvalue weighted by molar-refractivity contribution is 5.30. The summed E-state index contributed by atoms with van der Waals surface area (Å²) in [4.78, 5) is 0. The number of hydrogen-bond donors (Lipinski definition) is 1. The Hall–Kier alpha value is -0.820.